The van der Waals surface area contributed by atoms with Crippen molar-refractivity contribution in [2.45, 2.75) is 13.8 Å². The van der Waals surface area contributed by atoms with Gasteiger partial charge >= 0.3 is 0 Å². The van der Waals surface area contributed by atoms with Gasteiger partial charge in [0.2, 0.25) is 0 Å². The quantitative estimate of drug-likeness (QED) is 0.570. The molecule has 0 unspecified atom stereocenters. The van der Waals surface area contributed by atoms with Crippen molar-refractivity contribution < 1.29 is 0 Å². The number of benzene rings is 1. The number of allylic oxidation sites excluding steroid dienone is 8. The van der Waals surface area contributed by atoms with Crippen LogP contribution in [0, 0.1) is 0 Å². The maximum Gasteiger partial charge on any atom is 0.0461 e. The molecule has 0 saturated heterocycles. The van der Waals surface area contributed by atoms with Gasteiger partial charge in [0.1, 0.15) is 0 Å². The van der Waals surface area contributed by atoms with Gasteiger partial charge in [-0.15, -0.1) is 0 Å². The Morgan fingerprint density at radius 1 is 0.857 bits per heavy atom. The van der Waals surface area contributed by atoms with Crippen LogP contribution in [0.5, 0.6) is 0 Å². The molecule has 0 aliphatic carbocycles. The number of para-hydroxylation sites is 1. The molecule has 108 valence electrons. The molecule has 21 heavy (non-hydrogen) atoms. The van der Waals surface area contributed by atoms with E-state index >= 15 is 0 Å². The predicted molar refractivity (Wildman–Crippen MR) is 95.1 cm³/mol. The van der Waals surface area contributed by atoms with Crippen LogP contribution in [0.15, 0.2) is 103 Å². The maximum absolute atomic E-state index is 3.82. The molecule has 0 fully saturated rings. The summed E-state index contributed by atoms with van der Waals surface area (Å²) in [7, 11) is 0. The molecule has 0 atom stereocenters. The van der Waals surface area contributed by atoms with E-state index < -0.39 is 0 Å². The largest absolute Gasteiger partial charge is 0.311 e. The molecule has 0 amide bonds. The third kappa shape index (κ3) is 4.81. The Balaban J connectivity index is 3.48. The summed E-state index contributed by atoms with van der Waals surface area (Å²) in [5.74, 6) is 0. The van der Waals surface area contributed by atoms with Crippen molar-refractivity contribution in [2.75, 3.05) is 4.90 Å². The second-order valence-corrected chi connectivity index (χ2v) is 4.33. The minimum Gasteiger partial charge on any atom is -0.311 e. The van der Waals surface area contributed by atoms with Gasteiger partial charge in [0.15, 0.2) is 0 Å². The van der Waals surface area contributed by atoms with Crippen LogP contribution in [0.25, 0.3) is 0 Å². The molecule has 0 bridgehead atoms. The zero-order valence-corrected chi connectivity index (χ0v) is 12.9. The topological polar surface area (TPSA) is 3.24 Å². The first-order chi connectivity index (χ1) is 10.3. The lowest BCUT2D eigenvalue weighted by Gasteiger charge is -2.27. The third-order valence-corrected chi connectivity index (χ3v) is 2.78. The van der Waals surface area contributed by atoms with Crippen LogP contribution in [0.1, 0.15) is 13.8 Å². The molecule has 0 radical (unpaired) electrons. The van der Waals surface area contributed by atoms with Crippen molar-refractivity contribution in [1.82, 2.24) is 0 Å². The van der Waals surface area contributed by atoms with Gasteiger partial charge in [0, 0.05) is 17.1 Å². The second kappa shape index (κ2) is 9.38. The number of rotatable bonds is 7. The lowest BCUT2D eigenvalue weighted by atomic mass is 10.2. The monoisotopic (exact) mass is 277 g/mol. The van der Waals surface area contributed by atoms with Crippen molar-refractivity contribution in [2.24, 2.45) is 0 Å². The number of hydrogen-bond acceptors (Lipinski definition) is 1. The molecule has 0 aromatic heterocycles. The van der Waals surface area contributed by atoms with Gasteiger partial charge in [-0.2, -0.15) is 0 Å². The van der Waals surface area contributed by atoms with Gasteiger partial charge in [-0.25, -0.2) is 0 Å². The van der Waals surface area contributed by atoms with Crippen LogP contribution >= 0.6 is 0 Å². The van der Waals surface area contributed by atoms with E-state index in [-0.39, 0.29) is 0 Å². The highest BCUT2D eigenvalue weighted by Gasteiger charge is 2.12. The molecule has 1 rings (SSSR count). The Morgan fingerprint density at radius 3 is 1.71 bits per heavy atom. The smallest absolute Gasteiger partial charge is 0.0461 e. The highest BCUT2D eigenvalue weighted by atomic mass is 15.1. The van der Waals surface area contributed by atoms with Crippen LogP contribution in [0.3, 0.4) is 0 Å². The second-order valence-electron chi connectivity index (χ2n) is 4.33. The molecule has 0 saturated carbocycles. The van der Waals surface area contributed by atoms with Gasteiger partial charge < -0.3 is 4.90 Å². The van der Waals surface area contributed by atoms with Crippen molar-refractivity contribution in [1.29, 1.82) is 0 Å². The molecule has 1 nitrogen and oxygen atoms in total. The number of nitrogens with zero attached hydrogens (tertiary/aromatic N) is 1. The van der Waals surface area contributed by atoms with Gasteiger partial charge in [-0.3, -0.25) is 0 Å². The molecule has 0 N–H and O–H groups in total. The van der Waals surface area contributed by atoms with Gasteiger partial charge in [-0.1, -0.05) is 55.7 Å². The highest BCUT2D eigenvalue weighted by Crippen LogP contribution is 2.26. The molecule has 0 aliphatic heterocycles. The van der Waals surface area contributed by atoms with Crippen molar-refractivity contribution in [3.05, 3.63) is 103 Å². The van der Waals surface area contributed by atoms with Crippen LogP contribution in [-0.2, 0) is 0 Å². The summed E-state index contributed by atoms with van der Waals surface area (Å²) in [5.41, 5.74) is 3.18. The van der Waals surface area contributed by atoms with E-state index in [2.05, 4.69) is 42.3 Å². The minimum absolute atomic E-state index is 1.05. The Labute approximate surface area is 128 Å². The zero-order chi connectivity index (χ0) is 15.5. The van der Waals surface area contributed by atoms with E-state index in [9.17, 15) is 0 Å². The van der Waals surface area contributed by atoms with Crippen molar-refractivity contribution in [3.63, 3.8) is 0 Å². The lowest BCUT2D eigenvalue weighted by molar-refractivity contribution is 1.14. The van der Waals surface area contributed by atoms with Crippen molar-refractivity contribution in [3.8, 4) is 0 Å². The fraction of sp³-hybridized carbons (Fsp3) is 0.100. The summed E-state index contributed by atoms with van der Waals surface area (Å²) in [6, 6.07) is 10.2. The molecule has 0 spiro atoms. The van der Waals surface area contributed by atoms with E-state index in [0.717, 1.165) is 17.1 Å². The lowest BCUT2D eigenvalue weighted by Crippen LogP contribution is -2.19. The molecular weight excluding hydrogens is 254 g/mol. The Bertz CT molecular complexity index is 537. The maximum atomic E-state index is 3.82. The summed E-state index contributed by atoms with van der Waals surface area (Å²) < 4.78 is 0. The van der Waals surface area contributed by atoms with E-state index in [4.69, 9.17) is 0 Å². The van der Waals surface area contributed by atoms with E-state index in [1.165, 1.54) is 0 Å². The Hall–Kier alpha value is -2.54. The van der Waals surface area contributed by atoms with Crippen LogP contribution in [-0.4, -0.2) is 0 Å². The van der Waals surface area contributed by atoms with Crippen LogP contribution < -0.4 is 4.90 Å². The van der Waals surface area contributed by atoms with E-state index in [1.807, 2.05) is 56.4 Å². The predicted octanol–water partition coefficient (Wildman–Crippen LogP) is 5.79. The van der Waals surface area contributed by atoms with Gasteiger partial charge in [0.05, 0.1) is 0 Å². The first kappa shape index (κ1) is 16.5. The molecule has 1 heteroatoms. The Morgan fingerprint density at radius 2 is 1.33 bits per heavy atom. The summed E-state index contributed by atoms with van der Waals surface area (Å²) in [4.78, 5) is 2.17. The first-order valence-corrected chi connectivity index (χ1v) is 7.04. The fourth-order valence-electron chi connectivity index (χ4n) is 2.02. The standard InChI is InChI=1S/C20H23N/c1-5-12-18(13-6-2)21(19(14-7-3)15-8-4)20-16-10-9-11-17-20/h5-17H,1,3H2,2,4H3/b13-6-,15-8-,18-12+,19-14+. The van der Waals surface area contributed by atoms with Gasteiger partial charge in [-0.05, 0) is 50.3 Å². The first-order valence-electron chi connectivity index (χ1n) is 7.04. The molecule has 1 aromatic carbocycles. The SMILES string of the molecule is C=C/C=C(\C=C/C)N(C(/C=C\C)=C/C=C)c1ccccc1. The summed E-state index contributed by atoms with van der Waals surface area (Å²) in [6.45, 7) is 11.6. The summed E-state index contributed by atoms with van der Waals surface area (Å²) >= 11 is 0. The van der Waals surface area contributed by atoms with E-state index in [1.54, 1.807) is 12.2 Å². The normalized spacial score (nSPS) is 12.9. The number of anilines is 1. The average molecular weight is 277 g/mol. The van der Waals surface area contributed by atoms with Crippen LogP contribution in [0.4, 0.5) is 5.69 Å². The van der Waals surface area contributed by atoms with Crippen molar-refractivity contribution >= 4 is 5.69 Å². The summed E-state index contributed by atoms with van der Waals surface area (Å²) in [6.07, 6.45) is 15.8. The number of hydrogen-bond donors (Lipinski definition) is 0. The molecule has 0 aliphatic rings. The molecule has 0 heterocycles. The molecule has 1 aromatic rings. The fourth-order valence-corrected chi connectivity index (χ4v) is 2.02. The molecular formula is C20H23N. The van der Waals surface area contributed by atoms with Gasteiger partial charge in [0.25, 0.3) is 0 Å². The minimum atomic E-state index is 1.05. The third-order valence-electron chi connectivity index (χ3n) is 2.78. The van der Waals surface area contributed by atoms with E-state index in [0.29, 0.717) is 0 Å². The highest BCUT2D eigenvalue weighted by molar-refractivity contribution is 5.63. The Kier molecular flexibility index (Phi) is 7.37. The average Bonchev–Trinajstić information content (AvgIpc) is 2.49. The zero-order valence-electron chi connectivity index (χ0n) is 12.9. The summed E-state index contributed by atoms with van der Waals surface area (Å²) in [5, 5.41) is 0. The van der Waals surface area contributed by atoms with Crippen LogP contribution in [0.2, 0.25) is 0 Å².